The molecule has 0 aliphatic rings. The monoisotopic (exact) mass is 360 g/mol. The van der Waals surface area contributed by atoms with Crippen LogP contribution in [0.2, 0.25) is 0 Å². The number of nitrogens with zero attached hydrogens (tertiary/aromatic N) is 3. The van der Waals surface area contributed by atoms with Crippen LogP contribution in [-0.4, -0.2) is 20.3 Å². The zero-order chi connectivity index (χ0) is 18.1. The fourth-order valence-electron chi connectivity index (χ4n) is 2.57. The number of hydrogen-bond donors (Lipinski definition) is 1. The number of halogens is 1. The lowest BCUT2D eigenvalue weighted by Crippen LogP contribution is -2.25. The second-order valence-electron chi connectivity index (χ2n) is 5.78. The average Bonchev–Trinajstić information content (AvgIpc) is 3.03. The molecule has 1 N–H and O–H groups in total. The third-order valence-electron chi connectivity index (χ3n) is 3.75. The van der Waals surface area contributed by atoms with Crippen molar-refractivity contribution in [3.63, 3.8) is 0 Å². The molecule has 1 amide bonds. The van der Waals surface area contributed by atoms with Gasteiger partial charge in [0.1, 0.15) is 12.2 Å². The van der Waals surface area contributed by atoms with E-state index in [0.717, 1.165) is 28.4 Å². The van der Waals surface area contributed by atoms with E-state index in [1.54, 1.807) is 24.4 Å². The summed E-state index contributed by atoms with van der Waals surface area (Å²) in [6.45, 7) is 5.34. The molecule has 0 aliphatic carbocycles. The minimum atomic E-state index is -0.493. The zero-order valence-electron chi connectivity index (χ0n) is 14.0. The lowest BCUT2D eigenvalue weighted by atomic mass is 10.2. The first kappa shape index (κ1) is 17.1. The number of carbonyl (C=O) groups is 1. The largest absolute Gasteiger partial charge is 0.324 e. The van der Waals surface area contributed by atoms with Gasteiger partial charge in [0.05, 0.1) is 5.69 Å². The van der Waals surface area contributed by atoms with E-state index in [4.69, 9.17) is 0 Å². The summed E-state index contributed by atoms with van der Waals surface area (Å²) >= 11 is 1.04. The number of aromatic nitrogens is 3. The molecule has 6 nitrogen and oxygen atoms in total. The maximum absolute atomic E-state index is 14.4. The van der Waals surface area contributed by atoms with Gasteiger partial charge >= 0.3 is 4.87 Å². The summed E-state index contributed by atoms with van der Waals surface area (Å²) in [4.78, 5) is 23.6. The first-order chi connectivity index (χ1) is 11.8. The van der Waals surface area contributed by atoms with Crippen molar-refractivity contribution >= 4 is 22.9 Å². The Morgan fingerprint density at radius 2 is 2.00 bits per heavy atom. The van der Waals surface area contributed by atoms with E-state index in [-0.39, 0.29) is 17.3 Å². The highest BCUT2D eigenvalue weighted by molar-refractivity contribution is 7.07. The summed E-state index contributed by atoms with van der Waals surface area (Å²) < 4.78 is 17.3. The van der Waals surface area contributed by atoms with Gasteiger partial charge in [-0.15, -0.1) is 0 Å². The second-order valence-corrected chi connectivity index (χ2v) is 6.60. The first-order valence-electron chi connectivity index (χ1n) is 7.63. The lowest BCUT2D eigenvalue weighted by Gasteiger charge is -2.10. The van der Waals surface area contributed by atoms with Gasteiger partial charge in [-0.2, -0.15) is 5.10 Å². The lowest BCUT2D eigenvalue weighted by molar-refractivity contribution is -0.116. The molecule has 0 aliphatic heterocycles. The number of carbonyl (C=O) groups excluding carboxylic acids is 1. The number of anilines is 1. The normalized spacial score (nSPS) is 10.9. The van der Waals surface area contributed by atoms with E-state index < -0.39 is 5.82 Å². The van der Waals surface area contributed by atoms with E-state index in [0.29, 0.717) is 11.4 Å². The summed E-state index contributed by atoms with van der Waals surface area (Å²) in [5.74, 6) is -0.880. The molecule has 0 unspecified atom stereocenters. The SMILES string of the molecule is Cc1cc(C)n(-c2ccc(NC(=O)Cn3c(C)csc3=O)cc2F)n1. The third-order valence-corrected chi connectivity index (χ3v) is 4.63. The average molecular weight is 360 g/mol. The number of amides is 1. The molecule has 25 heavy (non-hydrogen) atoms. The summed E-state index contributed by atoms with van der Waals surface area (Å²) in [5, 5.41) is 8.56. The van der Waals surface area contributed by atoms with Crippen molar-refractivity contribution in [3.05, 3.63) is 62.2 Å². The Morgan fingerprint density at radius 3 is 2.56 bits per heavy atom. The van der Waals surface area contributed by atoms with Crippen molar-refractivity contribution in [2.75, 3.05) is 5.32 Å². The van der Waals surface area contributed by atoms with Gasteiger partial charge in [-0.05, 0) is 45.0 Å². The quantitative estimate of drug-likeness (QED) is 0.778. The molecular weight excluding hydrogens is 343 g/mol. The van der Waals surface area contributed by atoms with E-state index in [1.807, 2.05) is 19.9 Å². The predicted molar refractivity (Wildman–Crippen MR) is 94.9 cm³/mol. The highest BCUT2D eigenvalue weighted by atomic mass is 32.1. The molecule has 0 radical (unpaired) electrons. The maximum atomic E-state index is 14.4. The van der Waals surface area contributed by atoms with Crippen LogP contribution in [0.4, 0.5) is 10.1 Å². The Hall–Kier alpha value is -2.74. The third kappa shape index (κ3) is 3.53. The van der Waals surface area contributed by atoms with Crippen molar-refractivity contribution in [3.8, 4) is 5.69 Å². The zero-order valence-corrected chi connectivity index (χ0v) is 14.9. The highest BCUT2D eigenvalue weighted by Gasteiger charge is 2.12. The molecular formula is C17H17FN4O2S. The number of aryl methyl sites for hydroxylation is 3. The van der Waals surface area contributed by atoms with Gasteiger partial charge in [0, 0.05) is 22.5 Å². The van der Waals surface area contributed by atoms with Crippen LogP contribution in [0.25, 0.3) is 5.69 Å². The fraction of sp³-hybridized carbons (Fsp3) is 0.235. The number of rotatable bonds is 4. The number of benzene rings is 1. The number of thiazole rings is 1. The van der Waals surface area contributed by atoms with E-state index >= 15 is 0 Å². The maximum Gasteiger partial charge on any atom is 0.307 e. The number of hydrogen-bond acceptors (Lipinski definition) is 4. The smallest absolute Gasteiger partial charge is 0.307 e. The second kappa shape index (κ2) is 6.64. The van der Waals surface area contributed by atoms with Crippen LogP contribution < -0.4 is 10.2 Å². The summed E-state index contributed by atoms with van der Waals surface area (Å²) in [6.07, 6.45) is 0. The minimum Gasteiger partial charge on any atom is -0.324 e. The van der Waals surface area contributed by atoms with Crippen LogP contribution in [0.1, 0.15) is 17.1 Å². The van der Waals surface area contributed by atoms with Gasteiger partial charge in [-0.3, -0.25) is 14.2 Å². The molecule has 8 heteroatoms. The molecule has 130 valence electrons. The summed E-state index contributed by atoms with van der Waals surface area (Å²) in [5.41, 5.74) is 2.98. The topological polar surface area (TPSA) is 68.9 Å². The van der Waals surface area contributed by atoms with Crippen LogP contribution in [0.5, 0.6) is 0 Å². The van der Waals surface area contributed by atoms with E-state index in [1.165, 1.54) is 15.3 Å². The van der Waals surface area contributed by atoms with E-state index in [2.05, 4.69) is 10.4 Å². The molecule has 0 bridgehead atoms. The van der Waals surface area contributed by atoms with Crippen LogP contribution in [0.3, 0.4) is 0 Å². The summed E-state index contributed by atoms with van der Waals surface area (Å²) in [6, 6.07) is 6.27. The van der Waals surface area contributed by atoms with Crippen molar-refractivity contribution < 1.29 is 9.18 Å². The molecule has 3 aromatic rings. The molecule has 0 atom stereocenters. The van der Waals surface area contributed by atoms with Crippen LogP contribution in [0, 0.1) is 26.6 Å². The summed E-state index contributed by atoms with van der Waals surface area (Å²) in [7, 11) is 0. The van der Waals surface area contributed by atoms with Crippen molar-refractivity contribution in [2.24, 2.45) is 0 Å². The Kier molecular flexibility index (Phi) is 4.54. The minimum absolute atomic E-state index is 0.102. The fourth-order valence-corrected chi connectivity index (χ4v) is 3.30. The highest BCUT2D eigenvalue weighted by Crippen LogP contribution is 2.20. The van der Waals surface area contributed by atoms with Gasteiger partial charge in [-0.1, -0.05) is 11.3 Å². The van der Waals surface area contributed by atoms with Crippen LogP contribution in [0.15, 0.2) is 34.4 Å². The molecule has 0 saturated heterocycles. The van der Waals surface area contributed by atoms with Gasteiger partial charge in [0.15, 0.2) is 5.82 Å². The molecule has 3 rings (SSSR count). The van der Waals surface area contributed by atoms with Crippen LogP contribution >= 0.6 is 11.3 Å². The molecule has 2 aromatic heterocycles. The van der Waals surface area contributed by atoms with Gasteiger partial charge in [0.25, 0.3) is 0 Å². The van der Waals surface area contributed by atoms with Crippen molar-refractivity contribution in [2.45, 2.75) is 27.3 Å². The molecule has 0 fully saturated rings. The Labute approximate surface area is 147 Å². The molecule has 1 aromatic carbocycles. The Bertz CT molecular complexity index is 1000. The van der Waals surface area contributed by atoms with Crippen molar-refractivity contribution in [1.82, 2.24) is 14.3 Å². The van der Waals surface area contributed by atoms with Crippen molar-refractivity contribution in [1.29, 1.82) is 0 Å². The predicted octanol–water partition coefficient (Wildman–Crippen LogP) is 2.80. The first-order valence-corrected chi connectivity index (χ1v) is 8.51. The van der Waals surface area contributed by atoms with Gasteiger partial charge in [0.2, 0.25) is 5.91 Å². The molecule has 0 spiro atoms. The Morgan fingerprint density at radius 1 is 1.24 bits per heavy atom. The van der Waals surface area contributed by atoms with Gasteiger partial charge in [-0.25, -0.2) is 9.07 Å². The standard InChI is InChI=1S/C17H17FN4O2S/c1-10-6-11(2)22(20-10)15-5-4-13(7-14(15)18)19-16(23)8-21-12(3)9-25-17(21)24/h4-7,9H,8H2,1-3H3,(H,19,23). The number of nitrogens with one attached hydrogen (secondary N) is 1. The van der Waals surface area contributed by atoms with E-state index in [9.17, 15) is 14.0 Å². The molecule has 2 heterocycles. The Balaban J connectivity index is 1.78. The van der Waals surface area contributed by atoms with Gasteiger partial charge < -0.3 is 5.32 Å². The molecule has 0 saturated carbocycles. The van der Waals surface area contributed by atoms with Crippen LogP contribution in [-0.2, 0) is 11.3 Å².